The van der Waals surface area contributed by atoms with Crippen LogP contribution < -0.4 is 4.90 Å². The molecule has 0 atom stereocenters. The molecule has 2 fully saturated rings. The first-order valence-corrected chi connectivity index (χ1v) is 10.9. The summed E-state index contributed by atoms with van der Waals surface area (Å²) in [6, 6.07) is 12.6. The van der Waals surface area contributed by atoms with Crippen LogP contribution in [-0.2, 0) is 4.79 Å². The Hall–Kier alpha value is -2.87. The number of nitro groups is 1. The maximum atomic E-state index is 13.0. The molecule has 2 aliphatic rings. The summed E-state index contributed by atoms with van der Waals surface area (Å²) in [6.07, 6.45) is 1.33. The number of hydrogen-bond donors (Lipinski definition) is 0. The van der Waals surface area contributed by atoms with Gasteiger partial charge in [-0.1, -0.05) is 18.2 Å². The van der Waals surface area contributed by atoms with Crippen molar-refractivity contribution >= 4 is 35.0 Å². The van der Waals surface area contributed by atoms with E-state index >= 15 is 0 Å². The van der Waals surface area contributed by atoms with E-state index in [2.05, 4.69) is 0 Å². The Morgan fingerprint density at radius 2 is 1.87 bits per heavy atom. The van der Waals surface area contributed by atoms with Crippen LogP contribution in [0.15, 0.2) is 42.5 Å². The van der Waals surface area contributed by atoms with Gasteiger partial charge in [-0.3, -0.25) is 24.6 Å². The fraction of sp³-hybridized carbons (Fsp3) is 0.364. The lowest BCUT2D eigenvalue weighted by molar-refractivity contribution is -0.385. The molecule has 2 aliphatic heterocycles. The van der Waals surface area contributed by atoms with Crippen molar-refractivity contribution in [2.45, 2.75) is 31.6 Å². The Labute approximate surface area is 179 Å². The molecular weight excluding hydrogens is 402 g/mol. The van der Waals surface area contributed by atoms with Crippen molar-refractivity contribution in [3.05, 3.63) is 69.3 Å². The normalized spacial score (nSPS) is 18.1. The Balaban J connectivity index is 1.53. The number of carbonyl (C=O) groups is 2. The smallest absolute Gasteiger partial charge is 0.273 e. The number of amides is 2. The van der Waals surface area contributed by atoms with Crippen molar-refractivity contribution in [2.24, 2.45) is 0 Å². The molecule has 0 aromatic heterocycles. The highest BCUT2D eigenvalue weighted by Gasteiger charge is 2.49. The van der Waals surface area contributed by atoms with Gasteiger partial charge in [-0.25, -0.2) is 0 Å². The van der Waals surface area contributed by atoms with Crippen molar-refractivity contribution in [2.75, 3.05) is 23.7 Å². The van der Waals surface area contributed by atoms with E-state index in [-0.39, 0.29) is 22.4 Å². The van der Waals surface area contributed by atoms with Gasteiger partial charge in [0.05, 0.1) is 15.5 Å². The van der Waals surface area contributed by atoms with Crippen molar-refractivity contribution in [1.29, 1.82) is 0 Å². The summed E-state index contributed by atoms with van der Waals surface area (Å²) >= 11 is 1.65. The fourth-order valence-electron chi connectivity index (χ4n) is 4.25. The van der Waals surface area contributed by atoms with E-state index in [9.17, 15) is 19.7 Å². The van der Waals surface area contributed by atoms with Crippen LogP contribution in [0.5, 0.6) is 0 Å². The Morgan fingerprint density at radius 3 is 2.53 bits per heavy atom. The number of benzene rings is 2. The minimum Gasteiger partial charge on any atom is -0.338 e. The van der Waals surface area contributed by atoms with Crippen LogP contribution >= 0.6 is 11.8 Å². The minimum atomic E-state index is -0.461. The van der Waals surface area contributed by atoms with E-state index in [1.165, 1.54) is 6.07 Å². The van der Waals surface area contributed by atoms with E-state index in [0.29, 0.717) is 42.8 Å². The lowest BCUT2D eigenvalue weighted by atomic mass is 9.99. The van der Waals surface area contributed by atoms with Gasteiger partial charge in [0.15, 0.2) is 0 Å². The molecule has 2 aromatic rings. The predicted octanol–water partition coefficient (Wildman–Crippen LogP) is 3.92. The summed E-state index contributed by atoms with van der Waals surface area (Å²) in [4.78, 5) is 39.7. The van der Waals surface area contributed by atoms with Crippen molar-refractivity contribution in [3.63, 3.8) is 0 Å². The quantitative estimate of drug-likeness (QED) is 0.550. The number of rotatable bonds is 3. The lowest BCUT2D eigenvalue weighted by Crippen LogP contribution is -2.53. The number of anilines is 1. The largest absolute Gasteiger partial charge is 0.338 e. The van der Waals surface area contributed by atoms with Crippen LogP contribution in [0, 0.1) is 24.0 Å². The Kier molecular flexibility index (Phi) is 5.27. The molecule has 0 radical (unpaired) electrons. The summed E-state index contributed by atoms with van der Waals surface area (Å²) < 4.78 is 0. The van der Waals surface area contributed by atoms with Gasteiger partial charge in [0.25, 0.3) is 11.6 Å². The number of carbonyl (C=O) groups excluding carboxylic acids is 2. The van der Waals surface area contributed by atoms with E-state index in [4.69, 9.17) is 0 Å². The number of nitrogens with zero attached hydrogens (tertiary/aromatic N) is 3. The SMILES string of the molecule is Cc1cccc(N2C(=O)CSC23CCN(C(=O)c2ccc(C)c([N+](=O)[O-])c2)CC3)c1. The van der Waals surface area contributed by atoms with Crippen LogP contribution in [0.25, 0.3) is 0 Å². The monoisotopic (exact) mass is 425 g/mol. The van der Waals surface area contributed by atoms with E-state index in [0.717, 1.165) is 11.3 Å². The third kappa shape index (κ3) is 3.56. The summed E-state index contributed by atoms with van der Waals surface area (Å²) in [6.45, 7) is 4.67. The van der Waals surface area contributed by atoms with Gasteiger partial charge in [-0.2, -0.15) is 0 Å². The predicted molar refractivity (Wildman–Crippen MR) is 117 cm³/mol. The number of nitro benzene ring substituents is 1. The zero-order chi connectivity index (χ0) is 21.5. The maximum Gasteiger partial charge on any atom is 0.273 e. The summed E-state index contributed by atoms with van der Waals surface area (Å²) in [5.74, 6) is 0.329. The highest BCUT2D eigenvalue weighted by Crippen LogP contribution is 2.47. The zero-order valence-corrected chi connectivity index (χ0v) is 17.8. The van der Waals surface area contributed by atoms with Gasteiger partial charge < -0.3 is 4.90 Å². The number of hydrogen-bond acceptors (Lipinski definition) is 5. The third-order valence-corrected chi connectivity index (χ3v) is 7.39. The van der Waals surface area contributed by atoms with Crippen LogP contribution in [0.3, 0.4) is 0 Å². The molecule has 0 saturated carbocycles. The molecule has 0 unspecified atom stereocenters. The molecule has 2 amide bonds. The molecule has 4 rings (SSSR count). The minimum absolute atomic E-state index is 0.0445. The Morgan fingerprint density at radius 1 is 1.13 bits per heavy atom. The number of likely N-dealkylation sites (tertiary alicyclic amines) is 1. The molecule has 156 valence electrons. The van der Waals surface area contributed by atoms with Crippen molar-refractivity contribution in [1.82, 2.24) is 4.90 Å². The molecule has 0 aliphatic carbocycles. The van der Waals surface area contributed by atoms with Gasteiger partial charge in [0, 0.05) is 36.0 Å². The average molecular weight is 426 g/mol. The highest BCUT2D eigenvalue weighted by molar-refractivity contribution is 8.02. The zero-order valence-electron chi connectivity index (χ0n) is 17.0. The van der Waals surface area contributed by atoms with Gasteiger partial charge in [0.2, 0.25) is 5.91 Å². The second kappa shape index (κ2) is 7.75. The van der Waals surface area contributed by atoms with Crippen LogP contribution in [0.4, 0.5) is 11.4 Å². The molecule has 1 spiro atoms. The van der Waals surface area contributed by atoms with Crippen LogP contribution in [-0.4, -0.2) is 45.4 Å². The van der Waals surface area contributed by atoms with E-state index < -0.39 is 4.92 Å². The first kappa shape index (κ1) is 20.4. The first-order chi connectivity index (χ1) is 14.3. The Bertz CT molecular complexity index is 1030. The number of aryl methyl sites for hydroxylation is 2. The fourth-order valence-corrected chi connectivity index (χ4v) is 5.58. The average Bonchev–Trinajstić information content (AvgIpc) is 3.04. The van der Waals surface area contributed by atoms with Gasteiger partial charge in [-0.15, -0.1) is 11.8 Å². The molecule has 2 aromatic carbocycles. The molecule has 8 heteroatoms. The molecule has 30 heavy (non-hydrogen) atoms. The third-order valence-electron chi connectivity index (χ3n) is 5.87. The molecule has 7 nitrogen and oxygen atoms in total. The molecule has 0 N–H and O–H groups in total. The van der Waals surface area contributed by atoms with E-state index in [1.54, 1.807) is 35.7 Å². The summed E-state index contributed by atoms with van der Waals surface area (Å²) in [5.41, 5.74) is 2.81. The molecule has 0 bridgehead atoms. The van der Waals surface area contributed by atoms with Crippen LogP contribution in [0.2, 0.25) is 0 Å². The first-order valence-electron chi connectivity index (χ1n) is 9.89. The number of piperidine rings is 1. The molecular formula is C22H23N3O4S. The topological polar surface area (TPSA) is 83.8 Å². The van der Waals surface area contributed by atoms with Gasteiger partial charge in [0.1, 0.15) is 0 Å². The van der Waals surface area contributed by atoms with Crippen LogP contribution in [0.1, 0.15) is 34.3 Å². The highest BCUT2D eigenvalue weighted by atomic mass is 32.2. The van der Waals surface area contributed by atoms with Gasteiger partial charge >= 0.3 is 0 Å². The second-order valence-corrected chi connectivity index (χ2v) is 9.19. The van der Waals surface area contributed by atoms with Crippen molar-refractivity contribution in [3.8, 4) is 0 Å². The second-order valence-electron chi connectivity index (χ2n) is 7.85. The summed E-state index contributed by atoms with van der Waals surface area (Å²) in [5, 5.41) is 11.2. The van der Waals surface area contributed by atoms with Crippen molar-refractivity contribution < 1.29 is 14.5 Å². The number of thioether (sulfide) groups is 1. The molecule has 2 heterocycles. The summed E-state index contributed by atoms with van der Waals surface area (Å²) in [7, 11) is 0. The van der Waals surface area contributed by atoms with E-state index in [1.807, 2.05) is 36.1 Å². The van der Waals surface area contributed by atoms with Gasteiger partial charge in [-0.05, 0) is 50.5 Å². The molecule has 2 saturated heterocycles. The standard InChI is InChI=1S/C22H23N3O4S/c1-15-4-3-5-18(12-15)24-20(26)14-30-22(24)8-10-23(11-9-22)21(27)17-7-6-16(2)19(13-17)25(28)29/h3-7,12-13H,8-11,14H2,1-2H3. The lowest BCUT2D eigenvalue weighted by Gasteiger charge is -2.44. The maximum absolute atomic E-state index is 13.0.